The summed E-state index contributed by atoms with van der Waals surface area (Å²) >= 11 is 0. The molecule has 0 fully saturated rings. The number of rotatable bonds is 8. The third-order valence-corrected chi connectivity index (χ3v) is 5.10. The number of likely N-dealkylation sites (N-methyl/N-ethyl adjacent to an activating group) is 1. The first kappa shape index (κ1) is 22.1. The number of oxazole rings is 2. The second-order valence-corrected chi connectivity index (χ2v) is 7.47. The van der Waals surface area contributed by atoms with Crippen LogP contribution in [-0.2, 0) is 11.3 Å². The maximum Gasteiger partial charge on any atom is 0.299 e. The number of amides is 1. The first-order valence-electron chi connectivity index (χ1n) is 10.3. The number of ether oxygens (including phenoxy) is 1. The molecule has 2 aromatic heterocycles. The van der Waals surface area contributed by atoms with E-state index in [1.54, 1.807) is 31.5 Å². The van der Waals surface area contributed by atoms with Crippen LogP contribution < -0.4 is 15.8 Å². The van der Waals surface area contributed by atoms with E-state index in [9.17, 15) is 4.79 Å². The van der Waals surface area contributed by atoms with E-state index in [4.69, 9.17) is 19.3 Å². The van der Waals surface area contributed by atoms with Gasteiger partial charge in [0.25, 0.3) is 6.01 Å². The Kier molecular flexibility index (Phi) is 6.41. The first-order valence-corrected chi connectivity index (χ1v) is 10.3. The molecule has 0 spiro atoms. The molecule has 2 aromatic carbocycles. The minimum absolute atomic E-state index is 0.0348. The Bertz CT molecular complexity index is 1260. The fourth-order valence-electron chi connectivity index (χ4n) is 3.40. The topological polar surface area (TPSA) is 120 Å². The minimum Gasteiger partial charge on any atom is -0.496 e. The fourth-order valence-corrected chi connectivity index (χ4v) is 3.40. The molecule has 0 atom stereocenters. The van der Waals surface area contributed by atoms with E-state index in [0.717, 1.165) is 28.1 Å². The van der Waals surface area contributed by atoms with Gasteiger partial charge < -0.3 is 29.5 Å². The normalized spacial score (nSPS) is 10.8. The number of hydrogen-bond donors (Lipinski definition) is 2. The Balaban J connectivity index is 1.55. The number of nitrogens with zero attached hydrogens (tertiary/aromatic N) is 3. The molecule has 9 nitrogen and oxygen atoms in total. The Labute approximate surface area is 191 Å². The average Bonchev–Trinajstić information content (AvgIpc) is 3.47. The van der Waals surface area contributed by atoms with Crippen LogP contribution in [0, 0.1) is 6.92 Å². The molecule has 4 aromatic rings. The van der Waals surface area contributed by atoms with Crippen molar-refractivity contribution in [2.75, 3.05) is 26.0 Å². The molecule has 0 aliphatic rings. The van der Waals surface area contributed by atoms with Crippen molar-refractivity contribution in [2.24, 2.45) is 5.73 Å². The Morgan fingerprint density at radius 2 is 2.03 bits per heavy atom. The fraction of sp³-hybridized carbons (Fsp3) is 0.208. The van der Waals surface area contributed by atoms with Crippen molar-refractivity contribution in [3.8, 4) is 28.5 Å². The van der Waals surface area contributed by atoms with E-state index in [1.807, 2.05) is 49.4 Å². The molecule has 2 heterocycles. The lowest BCUT2D eigenvalue weighted by Gasteiger charge is -2.17. The number of anilines is 2. The molecule has 0 aliphatic heterocycles. The number of benzene rings is 2. The van der Waals surface area contributed by atoms with Gasteiger partial charge in [-0.25, -0.2) is 9.97 Å². The van der Waals surface area contributed by atoms with Crippen LogP contribution in [0.25, 0.3) is 22.8 Å². The summed E-state index contributed by atoms with van der Waals surface area (Å²) in [6.45, 7) is 2.24. The van der Waals surface area contributed by atoms with Gasteiger partial charge in [0.05, 0.1) is 31.1 Å². The number of aromatic nitrogens is 2. The van der Waals surface area contributed by atoms with E-state index in [0.29, 0.717) is 30.0 Å². The minimum atomic E-state index is -0.137. The van der Waals surface area contributed by atoms with Gasteiger partial charge in [0.1, 0.15) is 12.0 Å². The van der Waals surface area contributed by atoms with Gasteiger partial charge in [-0.05, 0) is 24.6 Å². The summed E-state index contributed by atoms with van der Waals surface area (Å²) in [4.78, 5) is 22.2. The number of nitrogens with two attached hydrogens (primary N) is 1. The number of nitrogens with one attached hydrogen (secondary N) is 1. The Hall–Kier alpha value is -4.11. The van der Waals surface area contributed by atoms with Gasteiger partial charge >= 0.3 is 0 Å². The van der Waals surface area contributed by atoms with Crippen LogP contribution in [0.2, 0.25) is 0 Å². The van der Waals surface area contributed by atoms with Crippen LogP contribution in [0.4, 0.5) is 11.7 Å². The van der Waals surface area contributed by atoms with Gasteiger partial charge in [-0.1, -0.05) is 24.3 Å². The van der Waals surface area contributed by atoms with Gasteiger partial charge in [-0.2, -0.15) is 0 Å². The molecule has 33 heavy (non-hydrogen) atoms. The van der Waals surface area contributed by atoms with Crippen LogP contribution in [0.3, 0.4) is 0 Å². The second-order valence-electron chi connectivity index (χ2n) is 7.47. The molecular weight excluding hydrogens is 422 g/mol. The maximum absolute atomic E-state index is 11.9. The number of hydrogen-bond acceptors (Lipinski definition) is 8. The van der Waals surface area contributed by atoms with Gasteiger partial charge in [0.2, 0.25) is 11.8 Å². The highest BCUT2D eigenvalue weighted by atomic mass is 16.5. The third-order valence-electron chi connectivity index (χ3n) is 5.10. The average molecular weight is 447 g/mol. The summed E-state index contributed by atoms with van der Waals surface area (Å²) in [7, 11) is 3.31. The molecule has 170 valence electrons. The lowest BCUT2D eigenvalue weighted by Crippen LogP contribution is -2.32. The van der Waals surface area contributed by atoms with Crippen LogP contribution >= 0.6 is 0 Å². The summed E-state index contributed by atoms with van der Waals surface area (Å²) in [5.41, 5.74) is 9.51. The highest BCUT2D eigenvalue weighted by Gasteiger charge is 2.16. The molecule has 9 heteroatoms. The lowest BCUT2D eigenvalue weighted by atomic mass is 10.1. The van der Waals surface area contributed by atoms with Crippen molar-refractivity contribution in [1.82, 2.24) is 14.9 Å². The predicted octanol–water partition coefficient (Wildman–Crippen LogP) is 3.97. The van der Waals surface area contributed by atoms with Crippen molar-refractivity contribution >= 4 is 17.6 Å². The Morgan fingerprint density at radius 3 is 2.76 bits per heavy atom. The van der Waals surface area contributed by atoms with Crippen molar-refractivity contribution in [1.29, 1.82) is 0 Å². The zero-order valence-electron chi connectivity index (χ0n) is 18.7. The van der Waals surface area contributed by atoms with Crippen molar-refractivity contribution in [3.05, 3.63) is 66.2 Å². The summed E-state index contributed by atoms with van der Waals surface area (Å²) in [6.07, 6.45) is 3.24. The van der Waals surface area contributed by atoms with E-state index in [-0.39, 0.29) is 12.5 Å². The zero-order chi connectivity index (χ0) is 23.4. The predicted molar refractivity (Wildman–Crippen MR) is 124 cm³/mol. The molecule has 0 radical (unpaired) electrons. The lowest BCUT2D eigenvalue weighted by molar-refractivity contribution is -0.128. The number of carbonyl (C=O) groups excluding carboxylic acids is 1. The SMILES string of the molecule is COc1cc(Nc2ncc(-c3ccccc3CN(C)C(=O)CN)o2)ccc1-c1nc(C)co1. The van der Waals surface area contributed by atoms with Crippen molar-refractivity contribution in [3.63, 3.8) is 0 Å². The highest BCUT2D eigenvalue weighted by Crippen LogP contribution is 2.34. The second kappa shape index (κ2) is 9.58. The quantitative estimate of drug-likeness (QED) is 0.416. The van der Waals surface area contributed by atoms with E-state index in [2.05, 4.69) is 15.3 Å². The molecule has 0 saturated carbocycles. The molecule has 1 amide bonds. The largest absolute Gasteiger partial charge is 0.496 e. The molecule has 3 N–H and O–H groups in total. The highest BCUT2D eigenvalue weighted by molar-refractivity contribution is 5.78. The first-order chi connectivity index (χ1) is 16.0. The van der Waals surface area contributed by atoms with Crippen molar-refractivity contribution < 1.29 is 18.4 Å². The summed E-state index contributed by atoms with van der Waals surface area (Å²) in [5.74, 6) is 1.54. The van der Waals surface area contributed by atoms with Gasteiger partial charge in [-0.15, -0.1) is 0 Å². The molecular formula is C24H25N5O4. The molecule has 0 aliphatic carbocycles. The smallest absolute Gasteiger partial charge is 0.299 e. The number of methoxy groups -OCH3 is 1. The molecule has 0 saturated heterocycles. The van der Waals surface area contributed by atoms with Crippen molar-refractivity contribution in [2.45, 2.75) is 13.5 Å². The third kappa shape index (κ3) is 4.88. The van der Waals surface area contributed by atoms with Crippen LogP contribution in [-0.4, -0.2) is 41.5 Å². The van der Waals surface area contributed by atoms with Crippen LogP contribution in [0.5, 0.6) is 5.75 Å². The van der Waals surface area contributed by atoms with Gasteiger partial charge in [0, 0.05) is 30.9 Å². The number of aryl methyl sites for hydroxylation is 1. The van der Waals surface area contributed by atoms with Gasteiger partial charge in [-0.3, -0.25) is 4.79 Å². The summed E-state index contributed by atoms with van der Waals surface area (Å²) in [5, 5.41) is 3.15. The van der Waals surface area contributed by atoms with E-state index < -0.39 is 0 Å². The van der Waals surface area contributed by atoms with E-state index in [1.165, 1.54) is 0 Å². The maximum atomic E-state index is 11.9. The molecule has 0 unspecified atom stereocenters. The summed E-state index contributed by atoms with van der Waals surface area (Å²) in [6, 6.07) is 13.6. The van der Waals surface area contributed by atoms with Crippen LogP contribution in [0.1, 0.15) is 11.3 Å². The standard InChI is InChI=1S/C24H25N5O4/c1-15-14-32-23(27-15)19-9-8-17(10-20(19)31-3)28-24-26-12-21(33-24)18-7-5-4-6-16(18)13-29(2)22(30)11-25/h4-10,12,14H,11,13,25H2,1-3H3,(H,26,28). The summed E-state index contributed by atoms with van der Waals surface area (Å²) < 4.78 is 17.0. The van der Waals surface area contributed by atoms with Crippen LogP contribution in [0.15, 0.2) is 63.8 Å². The van der Waals surface area contributed by atoms with Gasteiger partial charge in [0.15, 0.2) is 5.76 Å². The Morgan fingerprint density at radius 1 is 1.21 bits per heavy atom. The monoisotopic (exact) mass is 447 g/mol. The molecule has 0 bridgehead atoms. The molecule has 4 rings (SSSR count). The number of carbonyl (C=O) groups is 1. The zero-order valence-corrected chi connectivity index (χ0v) is 18.7. The van der Waals surface area contributed by atoms with E-state index >= 15 is 0 Å².